The molecule has 20 heavy (non-hydrogen) atoms. The van der Waals surface area contributed by atoms with Gasteiger partial charge in [-0.2, -0.15) is 0 Å². The van der Waals surface area contributed by atoms with Gasteiger partial charge in [0.25, 0.3) is 11.8 Å². The average molecular weight is 288 g/mol. The lowest BCUT2D eigenvalue weighted by Crippen LogP contribution is -2.35. The molecule has 0 aromatic heterocycles. The van der Waals surface area contributed by atoms with Crippen LogP contribution < -0.4 is 5.32 Å². The first-order chi connectivity index (χ1) is 9.43. The maximum Gasteiger partial charge on any atom is 0.333 e. The molecule has 1 aliphatic rings. The third-order valence-electron chi connectivity index (χ3n) is 2.50. The topological polar surface area (TPSA) is 133 Å². The first-order valence-electron chi connectivity index (χ1n) is 6.06. The molecule has 1 heterocycles. The van der Waals surface area contributed by atoms with Crippen LogP contribution in [0.1, 0.15) is 25.7 Å². The minimum Gasteiger partial charge on any atom is -0.394 e. The number of nitrogens with one attached hydrogen (secondary N) is 1. The Morgan fingerprint density at radius 3 is 2.40 bits per heavy atom. The molecule has 1 unspecified atom stereocenters. The summed E-state index contributed by atoms with van der Waals surface area (Å²) in [5.74, 6) is -2.56. The Balaban J connectivity index is 2.24. The Morgan fingerprint density at radius 2 is 1.85 bits per heavy atom. The zero-order valence-electron chi connectivity index (χ0n) is 10.7. The molecule has 1 atom stereocenters. The monoisotopic (exact) mass is 288 g/mol. The molecule has 0 aromatic carbocycles. The van der Waals surface area contributed by atoms with Gasteiger partial charge in [-0.1, -0.05) is 0 Å². The second-order valence-electron chi connectivity index (χ2n) is 4.19. The molecule has 1 fully saturated rings. The molecule has 0 radical (unpaired) electrons. The molecule has 0 aliphatic carbocycles. The van der Waals surface area contributed by atoms with E-state index in [1.165, 1.54) is 0 Å². The van der Waals surface area contributed by atoms with E-state index in [9.17, 15) is 19.2 Å². The number of hydrogen-bond donors (Lipinski definition) is 3. The van der Waals surface area contributed by atoms with Gasteiger partial charge in [-0.3, -0.25) is 14.4 Å². The van der Waals surface area contributed by atoms with E-state index in [2.05, 4.69) is 10.2 Å². The second-order valence-corrected chi connectivity index (χ2v) is 4.19. The van der Waals surface area contributed by atoms with Gasteiger partial charge in [-0.15, -0.1) is 5.06 Å². The molecule has 0 bridgehead atoms. The van der Waals surface area contributed by atoms with Gasteiger partial charge >= 0.3 is 5.97 Å². The number of nitrogens with zero attached hydrogens (tertiary/aromatic N) is 1. The van der Waals surface area contributed by atoms with Gasteiger partial charge < -0.3 is 20.4 Å². The van der Waals surface area contributed by atoms with Crippen LogP contribution in [-0.4, -0.2) is 58.2 Å². The van der Waals surface area contributed by atoms with Crippen LogP contribution in [0.25, 0.3) is 0 Å². The Hall–Kier alpha value is -2.00. The molecule has 9 heteroatoms. The Labute approximate surface area is 114 Å². The van der Waals surface area contributed by atoms with E-state index in [0.29, 0.717) is 5.06 Å². The van der Waals surface area contributed by atoms with Crippen molar-refractivity contribution < 1.29 is 34.2 Å². The highest BCUT2D eigenvalue weighted by Crippen LogP contribution is 2.12. The van der Waals surface area contributed by atoms with Crippen molar-refractivity contribution in [2.24, 2.45) is 0 Å². The predicted octanol–water partition coefficient (Wildman–Crippen LogP) is -2.16. The van der Waals surface area contributed by atoms with Gasteiger partial charge in [0.2, 0.25) is 5.91 Å². The Bertz CT molecular complexity index is 394. The summed E-state index contributed by atoms with van der Waals surface area (Å²) in [7, 11) is 0. The minimum atomic E-state index is -1.06. The quantitative estimate of drug-likeness (QED) is 0.454. The SMILES string of the molecule is O=C(CCC(=O)ON1C(=O)CCC1=O)NCC(O)CO. The molecule has 1 aliphatic heterocycles. The van der Waals surface area contributed by atoms with E-state index in [4.69, 9.17) is 10.2 Å². The zero-order chi connectivity index (χ0) is 15.1. The van der Waals surface area contributed by atoms with Crippen LogP contribution in [0.15, 0.2) is 0 Å². The second kappa shape index (κ2) is 7.56. The van der Waals surface area contributed by atoms with Crippen molar-refractivity contribution in [1.82, 2.24) is 10.4 Å². The minimum absolute atomic E-state index is 0.00560. The lowest BCUT2D eigenvalue weighted by Gasteiger charge is -2.12. The summed E-state index contributed by atoms with van der Waals surface area (Å²) in [5, 5.41) is 20.2. The van der Waals surface area contributed by atoms with E-state index in [1.54, 1.807) is 0 Å². The molecular formula is C11H16N2O7. The largest absolute Gasteiger partial charge is 0.394 e. The maximum absolute atomic E-state index is 11.4. The predicted molar refractivity (Wildman–Crippen MR) is 62.5 cm³/mol. The van der Waals surface area contributed by atoms with Gasteiger partial charge in [-0.05, 0) is 0 Å². The van der Waals surface area contributed by atoms with Crippen molar-refractivity contribution in [2.75, 3.05) is 13.2 Å². The number of aliphatic hydroxyl groups excluding tert-OH is 2. The molecule has 9 nitrogen and oxygen atoms in total. The van der Waals surface area contributed by atoms with Gasteiger partial charge in [-0.25, -0.2) is 4.79 Å². The first-order valence-corrected chi connectivity index (χ1v) is 6.06. The number of hydrogen-bond acceptors (Lipinski definition) is 7. The summed E-state index contributed by atoms with van der Waals surface area (Å²) in [6, 6.07) is 0. The van der Waals surface area contributed by atoms with Crippen LogP contribution in [0, 0.1) is 0 Å². The molecule has 0 aromatic rings. The molecular weight excluding hydrogens is 272 g/mol. The highest BCUT2D eigenvalue weighted by molar-refractivity contribution is 6.01. The Morgan fingerprint density at radius 1 is 1.25 bits per heavy atom. The summed E-state index contributed by atoms with van der Waals surface area (Å²) in [4.78, 5) is 49.5. The highest BCUT2D eigenvalue weighted by Gasteiger charge is 2.32. The summed E-state index contributed by atoms with van der Waals surface area (Å²) in [6.45, 7) is -0.616. The van der Waals surface area contributed by atoms with E-state index < -0.39 is 36.4 Å². The fraction of sp³-hybridized carbons (Fsp3) is 0.636. The molecule has 1 saturated heterocycles. The highest BCUT2D eigenvalue weighted by atomic mass is 16.7. The third-order valence-corrected chi connectivity index (χ3v) is 2.50. The van der Waals surface area contributed by atoms with Crippen LogP contribution in [0.2, 0.25) is 0 Å². The van der Waals surface area contributed by atoms with Crippen LogP contribution in [0.5, 0.6) is 0 Å². The fourth-order valence-electron chi connectivity index (χ4n) is 1.41. The lowest BCUT2D eigenvalue weighted by atomic mass is 10.3. The van der Waals surface area contributed by atoms with Crippen LogP contribution in [0.4, 0.5) is 0 Å². The molecule has 112 valence electrons. The van der Waals surface area contributed by atoms with E-state index in [0.717, 1.165) is 0 Å². The van der Waals surface area contributed by atoms with E-state index in [-0.39, 0.29) is 32.2 Å². The van der Waals surface area contributed by atoms with Crippen molar-refractivity contribution in [3.8, 4) is 0 Å². The van der Waals surface area contributed by atoms with Crippen molar-refractivity contribution >= 4 is 23.7 Å². The number of carbonyl (C=O) groups excluding carboxylic acids is 4. The average Bonchev–Trinajstić information content (AvgIpc) is 2.74. The van der Waals surface area contributed by atoms with E-state index >= 15 is 0 Å². The van der Waals surface area contributed by atoms with Crippen molar-refractivity contribution in [1.29, 1.82) is 0 Å². The lowest BCUT2D eigenvalue weighted by molar-refractivity contribution is -0.197. The fourth-order valence-corrected chi connectivity index (χ4v) is 1.41. The standard InChI is InChI=1S/C11H16N2O7/c14-6-7(15)5-12-8(16)1-4-11(19)20-13-9(17)2-3-10(13)18/h7,14-15H,1-6H2,(H,12,16). The van der Waals surface area contributed by atoms with Gasteiger partial charge in [0.15, 0.2) is 0 Å². The van der Waals surface area contributed by atoms with Crippen LogP contribution >= 0.6 is 0 Å². The smallest absolute Gasteiger partial charge is 0.333 e. The number of imide groups is 1. The van der Waals surface area contributed by atoms with Crippen molar-refractivity contribution in [3.05, 3.63) is 0 Å². The maximum atomic E-state index is 11.4. The molecule has 3 amide bonds. The number of carbonyl (C=O) groups is 4. The normalized spacial score (nSPS) is 16.2. The number of rotatable bonds is 7. The number of amides is 3. The first kappa shape index (κ1) is 16.1. The zero-order valence-corrected chi connectivity index (χ0v) is 10.7. The van der Waals surface area contributed by atoms with Gasteiger partial charge in [0.05, 0.1) is 19.1 Å². The Kier molecular flexibility index (Phi) is 6.07. The summed E-state index contributed by atoms with van der Waals surface area (Å²) in [6.07, 6.45) is -1.58. The van der Waals surface area contributed by atoms with Crippen molar-refractivity contribution in [3.63, 3.8) is 0 Å². The number of hydroxylamine groups is 2. The molecule has 1 rings (SSSR count). The molecule has 0 saturated carbocycles. The summed E-state index contributed by atoms with van der Waals surface area (Å²) in [5.41, 5.74) is 0. The third kappa shape index (κ3) is 4.94. The van der Waals surface area contributed by atoms with Crippen LogP contribution in [-0.2, 0) is 24.0 Å². The molecule has 3 N–H and O–H groups in total. The van der Waals surface area contributed by atoms with Gasteiger partial charge in [0.1, 0.15) is 0 Å². The van der Waals surface area contributed by atoms with E-state index in [1.807, 2.05) is 0 Å². The molecule has 0 spiro atoms. The number of aliphatic hydroxyl groups is 2. The van der Waals surface area contributed by atoms with Crippen molar-refractivity contribution in [2.45, 2.75) is 31.8 Å². The summed E-state index contributed by atoms with van der Waals surface area (Å²) < 4.78 is 0. The summed E-state index contributed by atoms with van der Waals surface area (Å²) >= 11 is 0. The van der Waals surface area contributed by atoms with Gasteiger partial charge in [0, 0.05) is 25.8 Å². The van der Waals surface area contributed by atoms with Crippen LogP contribution in [0.3, 0.4) is 0 Å².